The number of hydrogen-bond acceptors (Lipinski definition) is 2. The monoisotopic (exact) mass is 237 g/mol. The SMILES string of the molecule is CC(=O)c1cc2c(c(-c3ccccc3)n1)CCC2. The van der Waals surface area contributed by atoms with Gasteiger partial charge >= 0.3 is 0 Å². The molecular weight excluding hydrogens is 222 g/mol. The van der Waals surface area contributed by atoms with Crippen LogP contribution in [0.4, 0.5) is 0 Å². The second-order valence-electron chi connectivity index (χ2n) is 4.77. The van der Waals surface area contributed by atoms with Crippen molar-refractivity contribution in [3.8, 4) is 11.3 Å². The molecule has 3 rings (SSSR count). The number of hydrogen-bond donors (Lipinski definition) is 0. The molecule has 1 heterocycles. The average molecular weight is 237 g/mol. The van der Waals surface area contributed by atoms with E-state index in [1.807, 2.05) is 24.3 Å². The van der Waals surface area contributed by atoms with Crippen molar-refractivity contribution in [2.24, 2.45) is 0 Å². The number of Topliss-reactive ketones (excluding diaryl/α,β-unsaturated/α-hetero) is 1. The van der Waals surface area contributed by atoms with Gasteiger partial charge in [0.1, 0.15) is 5.69 Å². The minimum absolute atomic E-state index is 0.0434. The molecule has 0 spiro atoms. The highest BCUT2D eigenvalue weighted by Crippen LogP contribution is 2.31. The summed E-state index contributed by atoms with van der Waals surface area (Å²) in [7, 11) is 0. The van der Waals surface area contributed by atoms with Crippen LogP contribution in [0.15, 0.2) is 36.4 Å². The van der Waals surface area contributed by atoms with Gasteiger partial charge in [0.25, 0.3) is 0 Å². The van der Waals surface area contributed by atoms with Gasteiger partial charge < -0.3 is 0 Å². The van der Waals surface area contributed by atoms with Gasteiger partial charge in [-0.25, -0.2) is 4.98 Å². The highest BCUT2D eigenvalue weighted by molar-refractivity contribution is 5.93. The van der Waals surface area contributed by atoms with Gasteiger partial charge in [0, 0.05) is 12.5 Å². The van der Waals surface area contributed by atoms with E-state index in [-0.39, 0.29) is 5.78 Å². The second-order valence-corrected chi connectivity index (χ2v) is 4.77. The Balaban J connectivity index is 2.22. The van der Waals surface area contributed by atoms with Crippen LogP contribution in [-0.4, -0.2) is 10.8 Å². The molecule has 0 fully saturated rings. The van der Waals surface area contributed by atoms with E-state index >= 15 is 0 Å². The van der Waals surface area contributed by atoms with Crippen LogP contribution < -0.4 is 0 Å². The number of pyridine rings is 1. The molecule has 0 saturated carbocycles. The summed E-state index contributed by atoms with van der Waals surface area (Å²) >= 11 is 0. The van der Waals surface area contributed by atoms with Crippen LogP contribution >= 0.6 is 0 Å². The molecule has 2 nitrogen and oxygen atoms in total. The molecule has 1 aliphatic rings. The van der Waals surface area contributed by atoms with Crippen molar-refractivity contribution in [1.82, 2.24) is 4.98 Å². The number of carbonyl (C=O) groups is 1. The molecule has 1 aromatic carbocycles. The summed E-state index contributed by atoms with van der Waals surface area (Å²) in [5.74, 6) is 0.0434. The Morgan fingerprint density at radius 2 is 1.94 bits per heavy atom. The quantitative estimate of drug-likeness (QED) is 0.749. The Morgan fingerprint density at radius 3 is 2.67 bits per heavy atom. The average Bonchev–Trinajstić information content (AvgIpc) is 2.86. The van der Waals surface area contributed by atoms with E-state index in [4.69, 9.17) is 0 Å². The third-order valence-corrected chi connectivity index (χ3v) is 3.50. The molecule has 2 heteroatoms. The van der Waals surface area contributed by atoms with Crippen molar-refractivity contribution < 1.29 is 4.79 Å². The Hall–Kier alpha value is -1.96. The molecule has 0 bridgehead atoms. The molecule has 0 radical (unpaired) electrons. The van der Waals surface area contributed by atoms with Gasteiger partial charge in [-0.2, -0.15) is 0 Å². The molecule has 0 unspecified atom stereocenters. The zero-order chi connectivity index (χ0) is 12.5. The summed E-state index contributed by atoms with van der Waals surface area (Å²) in [6.45, 7) is 1.58. The fourth-order valence-electron chi connectivity index (χ4n) is 2.60. The van der Waals surface area contributed by atoms with Crippen molar-refractivity contribution in [3.05, 3.63) is 53.2 Å². The summed E-state index contributed by atoms with van der Waals surface area (Å²) in [5, 5.41) is 0. The van der Waals surface area contributed by atoms with Crippen molar-refractivity contribution >= 4 is 5.78 Å². The van der Waals surface area contributed by atoms with E-state index in [1.54, 1.807) is 6.92 Å². The number of nitrogens with zero attached hydrogens (tertiary/aromatic N) is 1. The van der Waals surface area contributed by atoms with E-state index in [9.17, 15) is 4.79 Å². The fourth-order valence-corrected chi connectivity index (χ4v) is 2.60. The molecule has 0 N–H and O–H groups in total. The summed E-state index contributed by atoms with van der Waals surface area (Å²) < 4.78 is 0. The summed E-state index contributed by atoms with van der Waals surface area (Å²) in [5.41, 5.74) is 5.32. The van der Waals surface area contributed by atoms with Crippen LogP contribution in [-0.2, 0) is 12.8 Å². The fraction of sp³-hybridized carbons (Fsp3) is 0.250. The molecular formula is C16H15NO. The maximum atomic E-state index is 11.6. The first-order valence-corrected chi connectivity index (χ1v) is 6.35. The first-order valence-electron chi connectivity index (χ1n) is 6.35. The number of aryl methyl sites for hydroxylation is 1. The van der Waals surface area contributed by atoms with Gasteiger partial charge in [0.15, 0.2) is 5.78 Å². The molecule has 2 aromatic rings. The van der Waals surface area contributed by atoms with Crippen LogP contribution in [0.3, 0.4) is 0 Å². The molecule has 0 aliphatic heterocycles. The summed E-state index contributed by atoms with van der Waals surface area (Å²) in [6, 6.07) is 12.1. The molecule has 0 saturated heterocycles. The molecule has 1 aliphatic carbocycles. The van der Waals surface area contributed by atoms with E-state index in [2.05, 4.69) is 17.1 Å². The van der Waals surface area contributed by atoms with E-state index in [1.165, 1.54) is 11.1 Å². The van der Waals surface area contributed by atoms with Crippen LogP contribution in [0.5, 0.6) is 0 Å². The molecule has 90 valence electrons. The largest absolute Gasteiger partial charge is 0.293 e. The lowest BCUT2D eigenvalue weighted by atomic mass is 10.0. The predicted octanol–water partition coefficient (Wildman–Crippen LogP) is 3.44. The lowest BCUT2D eigenvalue weighted by Gasteiger charge is -2.09. The Labute approximate surface area is 107 Å². The number of carbonyl (C=O) groups excluding carboxylic acids is 1. The van der Waals surface area contributed by atoms with Gasteiger partial charge in [-0.1, -0.05) is 30.3 Å². The van der Waals surface area contributed by atoms with Crippen molar-refractivity contribution in [3.63, 3.8) is 0 Å². The van der Waals surface area contributed by atoms with E-state index < -0.39 is 0 Å². The Bertz CT molecular complexity index is 602. The number of rotatable bonds is 2. The van der Waals surface area contributed by atoms with Crippen LogP contribution in [0.25, 0.3) is 11.3 Å². The van der Waals surface area contributed by atoms with Gasteiger partial charge in [-0.15, -0.1) is 0 Å². The highest BCUT2D eigenvalue weighted by atomic mass is 16.1. The van der Waals surface area contributed by atoms with Crippen molar-refractivity contribution in [2.75, 3.05) is 0 Å². The number of ketones is 1. The molecule has 0 amide bonds. The number of benzene rings is 1. The smallest absolute Gasteiger partial charge is 0.178 e. The van der Waals surface area contributed by atoms with Gasteiger partial charge in [-0.3, -0.25) is 4.79 Å². The summed E-state index contributed by atoms with van der Waals surface area (Å²) in [4.78, 5) is 16.1. The van der Waals surface area contributed by atoms with Gasteiger partial charge in [0.2, 0.25) is 0 Å². The van der Waals surface area contributed by atoms with Crippen LogP contribution in [0.1, 0.15) is 35.0 Å². The standard InChI is InChI=1S/C16H15NO/c1-11(18)15-10-13-8-5-9-14(13)16(17-15)12-6-3-2-4-7-12/h2-4,6-7,10H,5,8-9H2,1H3. The third-order valence-electron chi connectivity index (χ3n) is 3.50. The Morgan fingerprint density at radius 1 is 1.17 bits per heavy atom. The second kappa shape index (κ2) is 4.37. The number of aromatic nitrogens is 1. The number of fused-ring (bicyclic) bond motifs is 1. The van der Waals surface area contributed by atoms with Gasteiger partial charge in [-0.05, 0) is 36.5 Å². The predicted molar refractivity (Wildman–Crippen MR) is 71.7 cm³/mol. The topological polar surface area (TPSA) is 30.0 Å². The highest BCUT2D eigenvalue weighted by Gasteiger charge is 2.19. The van der Waals surface area contributed by atoms with E-state index in [0.717, 1.165) is 30.5 Å². The van der Waals surface area contributed by atoms with Crippen LogP contribution in [0.2, 0.25) is 0 Å². The zero-order valence-electron chi connectivity index (χ0n) is 10.4. The molecule has 1 aromatic heterocycles. The minimum atomic E-state index is 0.0434. The van der Waals surface area contributed by atoms with Crippen molar-refractivity contribution in [1.29, 1.82) is 0 Å². The lowest BCUT2D eigenvalue weighted by Crippen LogP contribution is -2.02. The lowest BCUT2D eigenvalue weighted by molar-refractivity contribution is 0.101. The Kier molecular flexibility index (Phi) is 2.71. The van der Waals surface area contributed by atoms with E-state index in [0.29, 0.717) is 5.69 Å². The molecule has 18 heavy (non-hydrogen) atoms. The zero-order valence-corrected chi connectivity index (χ0v) is 10.4. The van der Waals surface area contributed by atoms with Gasteiger partial charge in [0.05, 0.1) is 5.69 Å². The van der Waals surface area contributed by atoms with Crippen LogP contribution in [0, 0.1) is 0 Å². The maximum absolute atomic E-state index is 11.6. The summed E-state index contributed by atoms with van der Waals surface area (Å²) in [6.07, 6.45) is 3.31. The normalized spacial score (nSPS) is 13.4. The maximum Gasteiger partial charge on any atom is 0.178 e. The first kappa shape index (κ1) is 11.1. The minimum Gasteiger partial charge on any atom is -0.293 e. The third kappa shape index (κ3) is 1.84. The van der Waals surface area contributed by atoms with Crippen molar-refractivity contribution in [2.45, 2.75) is 26.2 Å². The first-order chi connectivity index (χ1) is 8.75. The molecule has 0 atom stereocenters.